The smallest absolute Gasteiger partial charge is 0.137 e. The second-order valence-corrected chi connectivity index (χ2v) is 15.3. The number of rotatable bonds is 6. The first-order valence-corrected chi connectivity index (χ1v) is 19.6. The van der Waals surface area contributed by atoms with Gasteiger partial charge in [0.15, 0.2) is 0 Å². The van der Waals surface area contributed by atoms with E-state index in [0.29, 0.717) is 5.92 Å². The van der Waals surface area contributed by atoms with Gasteiger partial charge in [-0.1, -0.05) is 147 Å². The first kappa shape index (κ1) is 33.1. The average Bonchev–Trinajstić information content (AvgIpc) is 3.48. The fraction of sp³-hybridized carbons (Fsp3) is 0.113. The summed E-state index contributed by atoms with van der Waals surface area (Å²) in [6.45, 7) is 4.55. The summed E-state index contributed by atoms with van der Waals surface area (Å²) in [4.78, 5) is 5.59. The van der Waals surface area contributed by atoms with E-state index >= 15 is 0 Å². The van der Waals surface area contributed by atoms with Crippen LogP contribution in [0.25, 0.3) is 72.1 Å². The minimum Gasteiger partial charge on any atom is -0.294 e. The van der Waals surface area contributed by atoms with Crippen molar-refractivity contribution >= 4 is 21.8 Å². The van der Waals surface area contributed by atoms with E-state index in [0.717, 1.165) is 24.4 Å². The van der Waals surface area contributed by atoms with Crippen LogP contribution >= 0.6 is 0 Å². The monoisotopic (exact) mass is 706 g/mol. The molecule has 10 rings (SSSR count). The lowest BCUT2D eigenvalue weighted by Crippen LogP contribution is -2.07. The second kappa shape index (κ2) is 13.7. The number of nitrogens with zero attached hydrogens (tertiary/aromatic N) is 2. The summed E-state index contributed by atoms with van der Waals surface area (Å²) < 4.78 is 2.38. The molecule has 1 unspecified atom stereocenters. The molecule has 0 saturated heterocycles. The number of benzene rings is 7. The zero-order chi connectivity index (χ0) is 36.9. The molecule has 264 valence electrons. The number of aryl methyl sites for hydroxylation is 1. The normalized spacial score (nSPS) is 13.8. The van der Waals surface area contributed by atoms with Gasteiger partial charge in [-0.15, -0.1) is 0 Å². The van der Waals surface area contributed by atoms with Crippen molar-refractivity contribution in [1.82, 2.24) is 9.55 Å². The molecule has 2 nitrogen and oxygen atoms in total. The summed E-state index contributed by atoms with van der Waals surface area (Å²) in [5.41, 5.74) is 17.6. The van der Waals surface area contributed by atoms with Crippen molar-refractivity contribution in [2.75, 3.05) is 0 Å². The zero-order valence-electron chi connectivity index (χ0n) is 31.3. The predicted molar refractivity (Wildman–Crippen MR) is 231 cm³/mol. The molecule has 1 aliphatic carbocycles. The van der Waals surface area contributed by atoms with Crippen LogP contribution in [0.15, 0.2) is 182 Å². The van der Waals surface area contributed by atoms with E-state index in [9.17, 15) is 0 Å². The van der Waals surface area contributed by atoms with Gasteiger partial charge < -0.3 is 0 Å². The molecule has 0 saturated carbocycles. The van der Waals surface area contributed by atoms with Crippen molar-refractivity contribution in [3.8, 4) is 50.3 Å². The number of fused-ring (bicyclic) bond motifs is 6. The molecule has 0 amide bonds. The van der Waals surface area contributed by atoms with Gasteiger partial charge in [-0.2, -0.15) is 0 Å². The Morgan fingerprint density at radius 2 is 1.05 bits per heavy atom. The third-order valence-electron chi connectivity index (χ3n) is 11.7. The molecule has 55 heavy (non-hydrogen) atoms. The highest BCUT2D eigenvalue weighted by Gasteiger charge is 2.26. The van der Waals surface area contributed by atoms with Gasteiger partial charge in [-0.05, 0) is 128 Å². The van der Waals surface area contributed by atoms with E-state index in [2.05, 4.69) is 200 Å². The van der Waals surface area contributed by atoms with Gasteiger partial charge in [-0.3, -0.25) is 4.57 Å². The van der Waals surface area contributed by atoms with E-state index in [-0.39, 0.29) is 5.92 Å². The highest BCUT2D eigenvalue weighted by molar-refractivity contribution is 6.10. The van der Waals surface area contributed by atoms with Gasteiger partial charge in [0.2, 0.25) is 0 Å². The van der Waals surface area contributed by atoms with Crippen LogP contribution < -0.4 is 0 Å². The van der Waals surface area contributed by atoms with Crippen molar-refractivity contribution in [3.63, 3.8) is 0 Å². The fourth-order valence-corrected chi connectivity index (χ4v) is 8.74. The molecule has 0 N–H and O–H groups in total. The minimum absolute atomic E-state index is 0.137. The van der Waals surface area contributed by atoms with Gasteiger partial charge >= 0.3 is 0 Å². The fourth-order valence-electron chi connectivity index (χ4n) is 8.74. The summed E-state index contributed by atoms with van der Waals surface area (Å²) in [5.74, 6) is 1.53. The molecular formula is C53H42N2. The van der Waals surface area contributed by atoms with Gasteiger partial charge in [0.1, 0.15) is 5.82 Å². The molecule has 9 aromatic rings. The van der Waals surface area contributed by atoms with Crippen LogP contribution in [0.2, 0.25) is 0 Å². The molecule has 1 aliphatic rings. The molecule has 0 radical (unpaired) electrons. The summed E-state index contributed by atoms with van der Waals surface area (Å²) in [5, 5.41) is 2.52. The van der Waals surface area contributed by atoms with Crippen LogP contribution in [-0.4, -0.2) is 9.55 Å². The van der Waals surface area contributed by atoms with E-state index in [4.69, 9.17) is 4.98 Å². The van der Waals surface area contributed by atoms with E-state index < -0.39 is 0 Å². The third kappa shape index (κ3) is 5.95. The molecule has 1 atom stereocenters. The third-order valence-corrected chi connectivity index (χ3v) is 11.7. The quantitative estimate of drug-likeness (QED) is 0.168. The Morgan fingerprint density at radius 3 is 1.71 bits per heavy atom. The van der Waals surface area contributed by atoms with Gasteiger partial charge in [0.25, 0.3) is 0 Å². The van der Waals surface area contributed by atoms with Crippen LogP contribution in [0.4, 0.5) is 0 Å². The van der Waals surface area contributed by atoms with Crippen molar-refractivity contribution in [1.29, 1.82) is 0 Å². The summed E-state index contributed by atoms with van der Waals surface area (Å²) in [6, 6.07) is 66.9. The first-order valence-electron chi connectivity index (χ1n) is 19.6. The molecule has 2 heteroatoms. The maximum absolute atomic E-state index is 5.59. The van der Waals surface area contributed by atoms with Crippen LogP contribution in [0.5, 0.6) is 0 Å². The van der Waals surface area contributed by atoms with Crippen LogP contribution in [0.1, 0.15) is 54.5 Å². The number of hydrogen-bond donors (Lipinski definition) is 0. The lowest BCUT2D eigenvalue weighted by molar-refractivity contribution is 0.703. The highest BCUT2D eigenvalue weighted by Crippen LogP contribution is 2.44. The summed E-state index contributed by atoms with van der Waals surface area (Å²) in [7, 11) is 0. The Hall–Kier alpha value is -6.51. The molecular weight excluding hydrogens is 665 g/mol. The number of hydrogen-bond acceptors (Lipinski definition) is 1. The predicted octanol–water partition coefficient (Wildman–Crippen LogP) is 14.0. The van der Waals surface area contributed by atoms with E-state index in [1.54, 1.807) is 0 Å². The van der Waals surface area contributed by atoms with E-state index in [1.165, 1.54) is 83.0 Å². The number of pyridine rings is 1. The Labute approximate surface area is 323 Å². The molecule has 2 heterocycles. The van der Waals surface area contributed by atoms with Crippen molar-refractivity contribution in [2.24, 2.45) is 0 Å². The lowest BCUT2D eigenvalue weighted by Gasteiger charge is -2.20. The summed E-state index contributed by atoms with van der Waals surface area (Å²) >= 11 is 0. The van der Waals surface area contributed by atoms with Crippen LogP contribution in [0.3, 0.4) is 0 Å². The van der Waals surface area contributed by atoms with Crippen molar-refractivity contribution in [3.05, 3.63) is 204 Å². The Balaban J connectivity index is 1.13. The Bertz CT molecular complexity index is 2830. The van der Waals surface area contributed by atoms with Crippen LogP contribution in [0, 0.1) is 0 Å². The van der Waals surface area contributed by atoms with E-state index in [1.807, 2.05) is 0 Å². The summed E-state index contributed by atoms with van der Waals surface area (Å²) in [6.07, 6.45) is 1.96. The maximum atomic E-state index is 5.59. The molecule has 0 fully saturated rings. The number of aromatic nitrogens is 2. The van der Waals surface area contributed by atoms with Gasteiger partial charge in [0, 0.05) is 16.7 Å². The maximum Gasteiger partial charge on any atom is 0.137 e. The Kier molecular flexibility index (Phi) is 8.25. The second-order valence-electron chi connectivity index (χ2n) is 15.3. The Morgan fingerprint density at radius 1 is 0.491 bits per heavy atom. The topological polar surface area (TPSA) is 17.8 Å². The van der Waals surface area contributed by atoms with Crippen molar-refractivity contribution < 1.29 is 0 Å². The lowest BCUT2D eigenvalue weighted by atomic mass is 9.86. The molecule has 0 aliphatic heterocycles. The SMILES string of the molecule is CC(C)c1ccc2c(c1)c1cc(-c3ccccc3)ccc1n2-c1cccc(C2CCc3ccc(-c4ccccc4)cc3-c3cc(-c4ccccc4)ccc32)n1. The average molecular weight is 707 g/mol. The molecule has 2 aromatic heterocycles. The first-order chi connectivity index (χ1) is 27.1. The van der Waals surface area contributed by atoms with Crippen LogP contribution in [-0.2, 0) is 6.42 Å². The standard InChI is InChI=1S/C53H42N2/c1-35(2)40-25-29-51-48(31-40)49-34-43(38-17-10-5-11-18-38)26-30-52(49)55(51)53-20-12-19-50(54-53)45-28-23-39-21-22-41(36-13-6-3-7-14-36)32-46(39)47-33-42(24-27-44(45)47)37-15-8-4-9-16-37/h3-22,24-27,29-35,45H,23,28H2,1-2H3. The van der Waals surface area contributed by atoms with Gasteiger partial charge in [-0.25, -0.2) is 4.98 Å². The minimum atomic E-state index is 0.137. The molecule has 0 spiro atoms. The highest BCUT2D eigenvalue weighted by atomic mass is 15.1. The molecule has 7 aromatic carbocycles. The van der Waals surface area contributed by atoms with Crippen molar-refractivity contribution in [2.45, 2.75) is 38.5 Å². The van der Waals surface area contributed by atoms with Gasteiger partial charge in [0.05, 0.1) is 16.7 Å². The molecule has 0 bridgehead atoms. The largest absolute Gasteiger partial charge is 0.294 e. The zero-order valence-corrected chi connectivity index (χ0v) is 31.3.